The Morgan fingerprint density at radius 1 is 1.00 bits per heavy atom. The molecule has 0 atom stereocenters. The number of methoxy groups -OCH3 is 1. The first-order chi connectivity index (χ1) is 18.1. The minimum absolute atomic E-state index is 0.117. The highest BCUT2D eigenvalue weighted by atomic mass is 32.2. The van der Waals surface area contributed by atoms with Gasteiger partial charge in [0.1, 0.15) is 11.3 Å². The summed E-state index contributed by atoms with van der Waals surface area (Å²) >= 11 is 0. The van der Waals surface area contributed by atoms with E-state index in [0.29, 0.717) is 40.3 Å². The van der Waals surface area contributed by atoms with E-state index in [1.165, 1.54) is 44.5 Å². The molecule has 0 bridgehead atoms. The van der Waals surface area contributed by atoms with Gasteiger partial charge in [-0.2, -0.15) is 0 Å². The molecule has 12 heteroatoms. The summed E-state index contributed by atoms with van der Waals surface area (Å²) < 4.78 is 36.8. The van der Waals surface area contributed by atoms with E-state index in [1.807, 2.05) is 19.1 Å². The number of sulfonamides is 1. The Balaban J connectivity index is 0.000000216. The molecule has 3 aromatic carbocycles. The maximum atomic E-state index is 12.2. The molecular formula is C26H27N5O6S. The second-order valence-corrected chi connectivity index (χ2v) is 9.42. The molecule has 4 N–H and O–H groups in total. The number of hydrogen-bond acceptors (Lipinski definition) is 9. The van der Waals surface area contributed by atoms with Crippen LogP contribution in [-0.2, 0) is 19.6 Å². The number of para-hydroxylation sites is 2. The van der Waals surface area contributed by atoms with Crippen molar-refractivity contribution in [2.75, 3.05) is 29.5 Å². The lowest BCUT2D eigenvalue weighted by Gasteiger charge is -2.10. The topological polar surface area (TPSA) is 163 Å². The summed E-state index contributed by atoms with van der Waals surface area (Å²) in [6.07, 6.45) is 1.39. The number of nitrogens with two attached hydrogens (primary N) is 1. The van der Waals surface area contributed by atoms with Crippen molar-refractivity contribution in [2.45, 2.75) is 18.7 Å². The summed E-state index contributed by atoms with van der Waals surface area (Å²) in [6, 6.07) is 17.9. The van der Waals surface area contributed by atoms with Crippen molar-refractivity contribution < 1.29 is 27.5 Å². The molecule has 0 fully saturated rings. The molecule has 1 aromatic heterocycles. The molecule has 0 aliphatic heterocycles. The van der Waals surface area contributed by atoms with Crippen LogP contribution in [0.4, 0.5) is 17.2 Å². The zero-order valence-corrected chi connectivity index (χ0v) is 21.8. The lowest BCUT2D eigenvalue weighted by molar-refractivity contribution is -0.114. The molecule has 0 saturated heterocycles. The summed E-state index contributed by atoms with van der Waals surface area (Å²) in [4.78, 5) is 30.9. The van der Waals surface area contributed by atoms with Gasteiger partial charge in [-0.25, -0.2) is 18.2 Å². The van der Waals surface area contributed by atoms with Crippen molar-refractivity contribution in [3.05, 3.63) is 78.5 Å². The molecule has 1 amide bonds. The van der Waals surface area contributed by atoms with Gasteiger partial charge < -0.3 is 20.5 Å². The highest BCUT2D eigenvalue weighted by Gasteiger charge is 2.15. The SMILES string of the molecule is CCOc1cc(NC(C)=O)ccc1C(=O)OC.Nc1ccc(S(=O)(=O)Nc2cnc3ccccc3n2)cc1. The smallest absolute Gasteiger partial charge is 0.341 e. The van der Waals surface area contributed by atoms with Gasteiger partial charge in [0.15, 0.2) is 5.82 Å². The quantitative estimate of drug-likeness (QED) is 0.235. The zero-order valence-electron chi connectivity index (χ0n) is 21.0. The third-order valence-electron chi connectivity index (χ3n) is 4.89. The minimum Gasteiger partial charge on any atom is -0.493 e. The van der Waals surface area contributed by atoms with E-state index >= 15 is 0 Å². The van der Waals surface area contributed by atoms with Gasteiger partial charge in [-0.3, -0.25) is 14.5 Å². The van der Waals surface area contributed by atoms with Crippen LogP contribution in [0.25, 0.3) is 11.0 Å². The number of nitrogen functional groups attached to an aromatic ring is 1. The largest absolute Gasteiger partial charge is 0.493 e. The molecule has 4 rings (SSSR count). The number of aromatic nitrogens is 2. The van der Waals surface area contributed by atoms with Crippen molar-refractivity contribution in [1.29, 1.82) is 0 Å². The Morgan fingerprint density at radius 3 is 2.32 bits per heavy atom. The van der Waals surface area contributed by atoms with Crippen LogP contribution >= 0.6 is 0 Å². The Bertz CT molecular complexity index is 1540. The van der Waals surface area contributed by atoms with Crippen molar-refractivity contribution in [1.82, 2.24) is 9.97 Å². The van der Waals surface area contributed by atoms with Gasteiger partial charge in [0.25, 0.3) is 10.0 Å². The van der Waals surface area contributed by atoms with Crippen LogP contribution in [-0.4, -0.2) is 44.0 Å². The van der Waals surface area contributed by atoms with E-state index in [0.717, 1.165) is 0 Å². The number of ether oxygens (including phenoxy) is 2. The number of rotatable bonds is 7. The number of anilines is 3. The van der Waals surface area contributed by atoms with Crippen LogP contribution in [0.5, 0.6) is 5.75 Å². The lowest BCUT2D eigenvalue weighted by atomic mass is 10.2. The molecule has 4 aromatic rings. The van der Waals surface area contributed by atoms with E-state index in [-0.39, 0.29) is 16.6 Å². The summed E-state index contributed by atoms with van der Waals surface area (Å²) in [5, 5.41) is 2.62. The van der Waals surface area contributed by atoms with Gasteiger partial charge in [0.05, 0.1) is 35.8 Å². The monoisotopic (exact) mass is 537 g/mol. The fourth-order valence-corrected chi connectivity index (χ4v) is 4.19. The van der Waals surface area contributed by atoms with Crippen molar-refractivity contribution in [2.24, 2.45) is 0 Å². The molecule has 198 valence electrons. The first kappa shape index (κ1) is 27.9. The number of nitrogens with one attached hydrogen (secondary N) is 2. The molecule has 1 heterocycles. The van der Waals surface area contributed by atoms with Crippen molar-refractivity contribution in [3.63, 3.8) is 0 Å². The standard InChI is InChI=1S/C14H12N4O2S.C12H15NO4/c15-10-5-7-11(8-6-10)21(19,20)18-14-9-16-12-3-1-2-4-13(12)17-14;1-4-17-11-7-9(13-8(2)14)5-6-10(11)12(15)16-3/h1-9H,15H2,(H,17,18);5-7H,4H2,1-3H3,(H,13,14). The van der Waals surface area contributed by atoms with E-state index in [9.17, 15) is 18.0 Å². The number of fused-ring (bicyclic) bond motifs is 1. The summed E-state index contributed by atoms with van der Waals surface area (Å²) in [7, 11) is -2.40. The molecule has 0 aliphatic rings. The highest BCUT2D eigenvalue weighted by molar-refractivity contribution is 7.92. The maximum absolute atomic E-state index is 12.2. The molecule has 38 heavy (non-hydrogen) atoms. The van der Waals surface area contributed by atoms with Gasteiger partial charge in [-0.05, 0) is 55.5 Å². The van der Waals surface area contributed by atoms with E-state index in [2.05, 4.69) is 24.7 Å². The van der Waals surface area contributed by atoms with Crippen LogP contribution in [0, 0.1) is 0 Å². The second-order valence-electron chi connectivity index (χ2n) is 7.74. The molecular weight excluding hydrogens is 510 g/mol. The molecule has 0 spiro atoms. The van der Waals surface area contributed by atoms with Crippen molar-refractivity contribution in [3.8, 4) is 5.75 Å². The van der Waals surface area contributed by atoms with Crippen LogP contribution in [0.15, 0.2) is 77.8 Å². The van der Waals surface area contributed by atoms with Crippen LogP contribution < -0.4 is 20.5 Å². The number of hydrogen-bond donors (Lipinski definition) is 3. The fourth-order valence-electron chi connectivity index (χ4n) is 3.21. The van der Waals surface area contributed by atoms with Gasteiger partial charge in [0.2, 0.25) is 5.91 Å². The fraction of sp³-hybridized carbons (Fsp3) is 0.154. The van der Waals surface area contributed by atoms with Crippen LogP contribution in [0.2, 0.25) is 0 Å². The zero-order chi connectivity index (χ0) is 27.7. The summed E-state index contributed by atoms with van der Waals surface area (Å²) in [6.45, 7) is 3.65. The predicted molar refractivity (Wildman–Crippen MR) is 144 cm³/mol. The number of nitrogens with zero attached hydrogens (tertiary/aromatic N) is 2. The number of esters is 1. The molecule has 0 unspecified atom stereocenters. The summed E-state index contributed by atoms with van der Waals surface area (Å²) in [5.41, 5.74) is 8.28. The second kappa shape index (κ2) is 12.5. The molecule has 0 aliphatic carbocycles. The van der Waals surface area contributed by atoms with Crippen LogP contribution in [0.3, 0.4) is 0 Å². The number of carbonyl (C=O) groups excluding carboxylic acids is 2. The van der Waals surface area contributed by atoms with E-state index in [4.69, 9.17) is 10.5 Å². The molecule has 11 nitrogen and oxygen atoms in total. The van der Waals surface area contributed by atoms with E-state index < -0.39 is 16.0 Å². The van der Waals surface area contributed by atoms with Gasteiger partial charge in [-0.15, -0.1) is 0 Å². The first-order valence-electron chi connectivity index (χ1n) is 11.4. The number of amides is 1. The van der Waals surface area contributed by atoms with Crippen LogP contribution in [0.1, 0.15) is 24.2 Å². The Kier molecular flexibility index (Phi) is 9.17. The van der Waals surface area contributed by atoms with Gasteiger partial charge in [0, 0.05) is 24.4 Å². The number of carbonyl (C=O) groups is 2. The summed E-state index contributed by atoms with van der Waals surface area (Å²) in [5.74, 6) is -0.0859. The molecule has 0 saturated carbocycles. The normalized spacial score (nSPS) is 10.6. The Morgan fingerprint density at radius 2 is 1.68 bits per heavy atom. The van der Waals surface area contributed by atoms with E-state index in [1.54, 1.807) is 30.3 Å². The Labute approximate surface area is 220 Å². The van der Waals surface area contributed by atoms with Crippen molar-refractivity contribution >= 4 is 50.1 Å². The lowest BCUT2D eigenvalue weighted by Crippen LogP contribution is -2.14. The molecule has 0 radical (unpaired) electrons. The van der Waals surface area contributed by atoms with Gasteiger partial charge in [-0.1, -0.05) is 12.1 Å². The third kappa shape index (κ3) is 7.40. The third-order valence-corrected chi connectivity index (χ3v) is 6.26. The van der Waals surface area contributed by atoms with Gasteiger partial charge >= 0.3 is 5.97 Å². The highest BCUT2D eigenvalue weighted by Crippen LogP contribution is 2.24. The predicted octanol–water partition coefficient (Wildman–Crippen LogP) is 3.84. The Hall–Kier alpha value is -4.71. The number of benzene rings is 3. The average Bonchev–Trinajstić information content (AvgIpc) is 2.88. The maximum Gasteiger partial charge on any atom is 0.341 e. The minimum atomic E-state index is -3.71. The average molecular weight is 538 g/mol. The first-order valence-corrected chi connectivity index (χ1v) is 12.8.